The lowest BCUT2D eigenvalue weighted by Gasteiger charge is -2.17. The minimum atomic E-state index is -3.87. The number of amides is 1. The van der Waals surface area contributed by atoms with Crippen molar-refractivity contribution >= 4 is 27.3 Å². The number of nitrogens with one attached hydrogen (secondary N) is 1. The van der Waals surface area contributed by atoms with E-state index in [0.29, 0.717) is 0 Å². The van der Waals surface area contributed by atoms with Crippen LogP contribution in [0.5, 0.6) is 0 Å². The Labute approximate surface area is 150 Å². The maximum atomic E-state index is 12.5. The first-order valence-corrected chi connectivity index (χ1v) is 9.38. The molecule has 3 rings (SSSR count). The molecule has 0 saturated carbocycles. The van der Waals surface area contributed by atoms with Crippen LogP contribution in [0.3, 0.4) is 0 Å². The molecule has 8 nitrogen and oxygen atoms in total. The Morgan fingerprint density at radius 1 is 1.12 bits per heavy atom. The Kier molecular flexibility index (Phi) is 4.75. The number of benzene rings is 2. The topological polar surface area (TPSA) is 110 Å². The molecule has 0 aromatic heterocycles. The van der Waals surface area contributed by atoms with Crippen LogP contribution in [0.2, 0.25) is 0 Å². The Morgan fingerprint density at radius 3 is 2.31 bits per heavy atom. The molecule has 0 aliphatic carbocycles. The van der Waals surface area contributed by atoms with Crippen molar-refractivity contribution in [3.8, 4) is 0 Å². The molecule has 0 bridgehead atoms. The quantitative estimate of drug-likeness (QED) is 0.635. The molecule has 1 heterocycles. The van der Waals surface area contributed by atoms with Gasteiger partial charge >= 0.3 is 0 Å². The van der Waals surface area contributed by atoms with Crippen molar-refractivity contribution in [1.82, 2.24) is 4.72 Å². The predicted molar refractivity (Wildman–Crippen MR) is 95.4 cm³/mol. The summed E-state index contributed by atoms with van der Waals surface area (Å²) in [5.74, 6) is -0.162. The van der Waals surface area contributed by atoms with Crippen LogP contribution in [0.4, 0.5) is 11.4 Å². The number of nitro benzene ring substituents is 1. The van der Waals surface area contributed by atoms with Gasteiger partial charge in [-0.05, 0) is 31.2 Å². The van der Waals surface area contributed by atoms with Crippen molar-refractivity contribution in [3.63, 3.8) is 0 Å². The van der Waals surface area contributed by atoms with Gasteiger partial charge in [-0.25, -0.2) is 13.1 Å². The first-order valence-electron chi connectivity index (χ1n) is 7.90. The van der Waals surface area contributed by atoms with Crippen LogP contribution in [-0.4, -0.2) is 31.8 Å². The molecule has 2 aromatic rings. The van der Waals surface area contributed by atoms with Gasteiger partial charge in [-0.1, -0.05) is 17.7 Å². The van der Waals surface area contributed by atoms with Crippen molar-refractivity contribution in [2.45, 2.75) is 24.3 Å². The van der Waals surface area contributed by atoms with E-state index in [1.807, 2.05) is 31.2 Å². The third-order valence-corrected chi connectivity index (χ3v) is 5.69. The molecule has 1 aliphatic heterocycles. The molecular formula is C17H17N3O5S. The third kappa shape index (κ3) is 3.73. The fourth-order valence-corrected chi connectivity index (χ4v) is 4.02. The lowest BCUT2D eigenvalue weighted by molar-refractivity contribution is -0.384. The van der Waals surface area contributed by atoms with E-state index >= 15 is 0 Å². The molecule has 26 heavy (non-hydrogen) atoms. The van der Waals surface area contributed by atoms with Crippen molar-refractivity contribution < 1.29 is 18.1 Å². The number of nitro groups is 1. The normalized spacial score (nSPS) is 17.5. The van der Waals surface area contributed by atoms with Gasteiger partial charge in [0, 0.05) is 36.8 Å². The number of nitrogens with zero attached hydrogens (tertiary/aromatic N) is 2. The minimum Gasteiger partial charge on any atom is -0.311 e. The van der Waals surface area contributed by atoms with Gasteiger partial charge in [0.05, 0.1) is 9.82 Å². The van der Waals surface area contributed by atoms with Crippen molar-refractivity contribution in [1.29, 1.82) is 0 Å². The molecule has 9 heteroatoms. The lowest BCUT2D eigenvalue weighted by Crippen LogP contribution is -2.37. The summed E-state index contributed by atoms with van der Waals surface area (Å²) in [4.78, 5) is 23.8. The van der Waals surface area contributed by atoms with Gasteiger partial charge in [0.25, 0.3) is 5.69 Å². The second-order valence-electron chi connectivity index (χ2n) is 6.11. The highest BCUT2D eigenvalue weighted by Crippen LogP contribution is 2.23. The van der Waals surface area contributed by atoms with Crippen LogP contribution < -0.4 is 9.62 Å². The largest absolute Gasteiger partial charge is 0.311 e. The summed E-state index contributed by atoms with van der Waals surface area (Å²) in [6.45, 7) is 2.17. The van der Waals surface area contributed by atoms with E-state index in [0.717, 1.165) is 23.4 Å². The molecule has 1 fully saturated rings. The molecule has 1 N–H and O–H groups in total. The fraction of sp³-hybridized carbons (Fsp3) is 0.235. The third-order valence-electron chi connectivity index (χ3n) is 4.15. The van der Waals surface area contributed by atoms with Gasteiger partial charge in [0.1, 0.15) is 0 Å². The second-order valence-corrected chi connectivity index (χ2v) is 7.83. The summed E-state index contributed by atoms with van der Waals surface area (Å²) in [5.41, 5.74) is 1.60. The summed E-state index contributed by atoms with van der Waals surface area (Å²) >= 11 is 0. The van der Waals surface area contributed by atoms with Gasteiger partial charge in [0.15, 0.2) is 0 Å². The van der Waals surface area contributed by atoms with Crippen molar-refractivity contribution in [2.24, 2.45) is 0 Å². The zero-order valence-corrected chi connectivity index (χ0v) is 14.8. The van der Waals surface area contributed by atoms with Gasteiger partial charge in [0.2, 0.25) is 15.9 Å². The van der Waals surface area contributed by atoms with E-state index in [1.165, 1.54) is 12.1 Å². The number of hydrogen-bond donors (Lipinski definition) is 1. The number of carbonyl (C=O) groups excluding carboxylic acids is 1. The maximum absolute atomic E-state index is 12.5. The number of rotatable bonds is 5. The zero-order chi connectivity index (χ0) is 18.9. The Morgan fingerprint density at radius 2 is 1.73 bits per heavy atom. The molecule has 136 valence electrons. The summed E-state index contributed by atoms with van der Waals surface area (Å²) < 4.78 is 27.4. The van der Waals surface area contributed by atoms with Gasteiger partial charge in [-0.15, -0.1) is 0 Å². The molecule has 0 radical (unpaired) electrons. The summed E-state index contributed by atoms with van der Waals surface area (Å²) in [6, 6.07) is 11.5. The molecule has 0 unspecified atom stereocenters. The molecule has 1 saturated heterocycles. The molecule has 1 atom stereocenters. The van der Waals surface area contributed by atoms with E-state index in [2.05, 4.69) is 4.72 Å². The number of anilines is 1. The van der Waals surface area contributed by atoms with Crippen molar-refractivity contribution in [2.75, 3.05) is 11.4 Å². The fourth-order valence-electron chi connectivity index (χ4n) is 2.80. The van der Waals surface area contributed by atoms with Crippen LogP contribution in [0.25, 0.3) is 0 Å². The minimum absolute atomic E-state index is 0.0556. The van der Waals surface area contributed by atoms with Gasteiger partial charge in [-0.2, -0.15) is 0 Å². The van der Waals surface area contributed by atoms with Crippen LogP contribution in [-0.2, 0) is 14.8 Å². The highest BCUT2D eigenvalue weighted by Gasteiger charge is 2.33. The summed E-state index contributed by atoms with van der Waals surface area (Å²) in [7, 11) is -3.87. The maximum Gasteiger partial charge on any atom is 0.269 e. The SMILES string of the molecule is Cc1ccc(N2C[C@H](NS(=O)(=O)c3ccc([N+](=O)[O-])cc3)CC2=O)cc1. The standard InChI is InChI=1S/C17H17N3O5S/c1-12-2-4-14(5-3-12)19-11-13(10-17(19)21)18-26(24,25)16-8-6-15(7-9-16)20(22)23/h2-9,13,18H,10-11H2,1H3/t13-/m1/s1. The van der Waals surface area contributed by atoms with E-state index < -0.39 is 21.0 Å². The monoisotopic (exact) mass is 375 g/mol. The van der Waals surface area contributed by atoms with Crippen LogP contribution in [0, 0.1) is 17.0 Å². The van der Waals surface area contributed by atoms with E-state index in [9.17, 15) is 23.3 Å². The number of carbonyl (C=O) groups is 1. The smallest absolute Gasteiger partial charge is 0.269 e. The van der Waals surface area contributed by atoms with Gasteiger partial charge in [-0.3, -0.25) is 14.9 Å². The first-order chi connectivity index (χ1) is 12.3. The number of non-ortho nitro benzene ring substituents is 1. The highest BCUT2D eigenvalue weighted by atomic mass is 32.2. The second kappa shape index (κ2) is 6.85. The lowest BCUT2D eigenvalue weighted by atomic mass is 10.2. The Balaban J connectivity index is 1.73. The summed E-state index contributed by atoms with van der Waals surface area (Å²) in [6.07, 6.45) is 0.0556. The van der Waals surface area contributed by atoms with Crippen LogP contribution in [0.1, 0.15) is 12.0 Å². The zero-order valence-electron chi connectivity index (χ0n) is 14.0. The number of aryl methyl sites for hydroxylation is 1. The van der Waals surface area contributed by atoms with E-state index in [-0.39, 0.29) is 29.5 Å². The predicted octanol–water partition coefficient (Wildman–Crippen LogP) is 1.99. The average molecular weight is 375 g/mol. The van der Waals surface area contributed by atoms with E-state index in [4.69, 9.17) is 0 Å². The molecule has 0 spiro atoms. The molecule has 1 amide bonds. The van der Waals surface area contributed by atoms with Crippen molar-refractivity contribution in [3.05, 3.63) is 64.2 Å². The molecule has 1 aliphatic rings. The molecular weight excluding hydrogens is 358 g/mol. The van der Waals surface area contributed by atoms with Crippen LogP contribution in [0.15, 0.2) is 53.4 Å². The van der Waals surface area contributed by atoms with Crippen LogP contribution >= 0.6 is 0 Å². The van der Waals surface area contributed by atoms with E-state index in [1.54, 1.807) is 4.90 Å². The first kappa shape index (κ1) is 18.0. The Bertz CT molecular complexity index is 939. The summed E-state index contributed by atoms with van der Waals surface area (Å²) in [5, 5.41) is 10.7. The van der Waals surface area contributed by atoms with Gasteiger partial charge < -0.3 is 4.90 Å². The molecule has 2 aromatic carbocycles. The number of hydrogen-bond acceptors (Lipinski definition) is 5. The number of sulfonamides is 1. The highest BCUT2D eigenvalue weighted by molar-refractivity contribution is 7.89. The average Bonchev–Trinajstić information content (AvgIpc) is 2.95. The Hall–Kier alpha value is -2.78.